The molecule has 1 aliphatic carbocycles. The molecule has 3 heterocycles. The monoisotopic (exact) mass is 418 g/mol. The number of hydrogen-bond acceptors (Lipinski definition) is 4. The summed E-state index contributed by atoms with van der Waals surface area (Å²) in [5.41, 5.74) is -0.643. The van der Waals surface area contributed by atoms with E-state index < -0.39 is 30.3 Å². The molecule has 0 radical (unpaired) electrons. The fourth-order valence-electron chi connectivity index (χ4n) is 3.41. The fraction of sp³-hybridized carbons (Fsp3) is 0.562. The fourth-order valence-corrected chi connectivity index (χ4v) is 5.02. The molecule has 2 atom stereocenters. The number of carbonyl (C=O) groups is 1. The van der Waals surface area contributed by atoms with Crippen LogP contribution >= 0.6 is 22.9 Å². The molecule has 11 heteroatoms. The Bertz CT molecular complexity index is 1050. The van der Waals surface area contributed by atoms with Crippen molar-refractivity contribution in [2.45, 2.75) is 44.3 Å². The van der Waals surface area contributed by atoms with Crippen LogP contribution in [-0.2, 0) is 13.1 Å². The quantitative estimate of drug-likeness (QED) is 0.753. The van der Waals surface area contributed by atoms with E-state index >= 15 is 0 Å². The Morgan fingerprint density at radius 3 is 2.59 bits per heavy atom. The van der Waals surface area contributed by atoms with E-state index in [1.54, 1.807) is 11.8 Å². The maximum Gasteiger partial charge on any atom is 0.332 e. The second kappa shape index (κ2) is 6.59. The Balaban J connectivity index is 1.91. The highest BCUT2D eigenvalue weighted by molar-refractivity contribution is 7.18. The van der Waals surface area contributed by atoms with Gasteiger partial charge in [0.2, 0.25) is 0 Å². The van der Waals surface area contributed by atoms with E-state index in [0.29, 0.717) is 30.0 Å². The molecule has 1 aliphatic heterocycles. The summed E-state index contributed by atoms with van der Waals surface area (Å²) in [5.74, 6) is 0. The molecule has 2 amide bonds. The highest BCUT2D eigenvalue weighted by atomic mass is 35.5. The standard InChI is InChI=1S/C16H17ClF2N4O3S/c1-7-10(5-21-3-2-20-15(21)25)27-14-12(7)13(24)23(9-4-8(9)17)16(26)22(14)6-11(18)19/h8-9,11H,2-6H2,1H3,(H,20,25). The molecule has 1 saturated carbocycles. The third-order valence-electron chi connectivity index (χ3n) is 4.95. The number of aromatic nitrogens is 2. The van der Waals surface area contributed by atoms with Gasteiger partial charge >= 0.3 is 11.7 Å². The van der Waals surface area contributed by atoms with Crippen LogP contribution in [0.25, 0.3) is 10.2 Å². The van der Waals surface area contributed by atoms with Gasteiger partial charge in [0.05, 0.1) is 29.9 Å². The van der Waals surface area contributed by atoms with Gasteiger partial charge in [-0.05, 0) is 18.9 Å². The van der Waals surface area contributed by atoms with E-state index in [2.05, 4.69) is 5.32 Å². The van der Waals surface area contributed by atoms with Gasteiger partial charge in [-0.3, -0.25) is 13.9 Å². The van der Waals surface area contributed by atoms with Gasteiger partial charge in [-0.2, -0.15) is 0 Å². The zero-order chi connectivity index (χ0) is 19.5. The summed E-state index contributed by atoms with van der Waals surface area (Å²) < 4.78 is 28.2. The maximum atomic E-state index is 13.1. The van der Waals surface area contributed by atoms with Crippen LogP contribution in [0.15, 0.2) is 9.59 Å². The first-order chi connectivity index (χ1) is 12.8. The second-order valence-electron chi connectivity index (χ2n) is 6.76. The molecular weight excluding hydrogens is 402 g/mol. The maximum absolute atomic E-state index is 13.1. The van der Waals surface area contributed by atoms with Gasteiger partial charge in [0.25, 0.3) is 12.0 Å². The van der Waals surface area contributed by atoms with Gasteiger partial charge in [0.15, 0.2) is 0 Å². The Morgan fingerprint density at radius 2 is 2.04 bits per heavy atom. The molecule has 27 heavy (non-hydrogen) atoms. The number of nitrogens with zero attached hydrogens (tertiary/aromatic N) is 3. The molecule has 146 valence electrons. The Labute approximate surface area is 161 Å². The molecule has 2 aromatic rings. The van der Waals surface area contributed by atoms with Gasteiger partial charge in [-0.25, -0.2) is 18.4 Å². The van der Waals surface area contributed by atoms with Crippen molar-refractivity contribution in [3.8, 4) is 0 Å². The zero-order valence-corrected chi connectivity index (χ0v) is 15.9. The van der Waals surface area contributed by atoms with Gasteiger partial charge in [-0.15, -0.1) is 22.9 Å². The Hall–Kier alpha value is -1.94. The van der Waals surface area contributed by atoms with Crippen molar-refractivity contribution in [2.75, 3.05) is 13.1 Å². The molecule has 2 aromatic heterocycles. The average molecular weight is 419 g/mol. The van der Waals surface area contributed by atoms with E-state index in [4.69, 9.17) is 11.6 Å². The van der Waals surface area contributed by atoms with Gasteiger partial charge in [0, 0.05) is 18.0 Å². The summed E-state index contributed by atoms with van der Waals surface area (Å²) in [4.78, 5) is 40.0. The van der Waals surface area contributed by atoms with Crippen LogP contribution in [0.1, 0.15) is 22.9 Å². The van der Waals surface area contributed by atoms with E-state index in [0.717, 1.165) is 20.5 Å². The van der Waals surface area contributed by atoms with Crippen LogP contribution < -0.4 is 16.6 Å². The molecule has 1 saturated heterocycles. The lowest BCUT2D eigenvalue weighted by atomic mass is 10.2. The third-order valence-corrected chi connectivity index (χ3v) is 6.72. The number of amides is 2. The van der Waals surface area contributed by atoms with E-state index in [-0.39, 0.29) is 28.2 Å². The van der Waals surface area contributed by atoms with Crippen molar-refractivity contribution >= 4 is 39.2 Å². The number of nitrogens with one attached hydrogen (secondary N) is 1. The zero-order valence-electron chi connectivity index (χ0n) is 14.4. The normalized spacial score (nSPS) is 22.1. The van der Waals surface area contributed by atoms with Crippen molar-refractivity contribution in [1.29, 1.82) is 0 Å². The summed E-state index contributed by atoms with van der Waals surface area (Å²) in [7, 11) is 0. The first-order valence-corrected chi connectivity index (χ1v) is 9.77. The molecule has 0 bridgehead atoms. The SMILES string of the molecule is Cc1c(CN2CCNC2=O)sc2c1c(=O)n(C1CC1Cl)c(=O)n2CC(F)F. The van der Waals surface area contributed by atoms with Crippen molar-refractivity contribution in [3.63, 3.8) is 0 Å². The summed E-state index contributed by atoms with van der Waals surface area (Å²) in [6, 6.07) is -0.677. The molecule has 4 rings (SSSR count). The number of halogens is 3. The average Bonchev–Trinajstić information content (AvgIpc) is 3.01. The molecule has 2 fully saturated rings. The number of alkyl halides is 3. The number of thiophene rings is 1. The highest BCUT2D eigenvalue weighted by Gasteiger charge is 2.40. The topological polar surface area (TPSA) is 76.3 Å². The lowest BCUT2D eigenvalue weighted by molar-refractivity contribution is 0.126. The van der Waals surface area contributed by atoms with E-state index in [1.807, 2.05) is 0 Å². The minimum absolute atomic E-state index is 0.211. The van der Waals surface area contributed by atoms with Crippen LogP contribution in [0.2, 0.25) is 0 Å². The van der Waals surface area contributed by atoms with Crippen molar-refractivity contribution in [1.82, 2.24) is 19.4 Å². The van der Waals surface area contributed by atoms with Crippen molar-refractivity contribution in [3.05, 3.63) is 31.3 Å². The molecule has 2 aliphatic rings. The van der Waals surface area contributed by atoms with Gasteiger partial charge < -0.3 is 10.2 Å². The number of urea groups is 1. The minimum Gasteiger partial charge on any atom is -0.336 e. The molecular formula is C16H17ClF2N4O3S. The summed E-state index contributed by atoms with van der Waals surface area (Å²) >= 11 is 7.12. The lowest BCUT2D eigenvalue weighted by Crippen LogP contribution is -2.40. The first kappa shape index (κ1) is 18.4. The second-order valence-corrected chi connectivity index (χ2v) is 8.41. The summed E-state index contributed by atoms with van der Waals surface area (Å²) in [6.45, 7) is 2.25. The number of fused-ring (bicyclic) bond motifs is 1. The van der Waals surface area contributed by atoms with Crippen molar-refractivity contribution < 1.29 is 13.6 Å². The Morgan fingerprint density at radius 1 is 1.33 bits per heavy atom. The third kappa shape index (κ3) is 3.04. The smallest absolute Gasteiger partial charge is 0.332 e. The molecule has 1 N–H and O–H groups in total. The number of hydrogen-bond donors (Lipinski definition) is 1. The molecule has 0 spiro atoms. The predicted octanol–water partition coefficient (Wildman–Crippen LogP) is 1.88. The van der Waals surface area contributed by atoms with Crippen LogP contribution in [-0.4, -0.2) is 45.0 Å². The first-order valence-electron chi connectivity index (χ1n) is 8.52. The largest absolute Gasteiger partial charge is 0.336 e. The molecule has 0 aromatic carbocycles. The number of aryl methyl sites for hydroxylation is 1. The Kier molecular flexibility index (Phi) is 4.50. The minimum atomic E-state index is -2.74. The van der Waals surface area contributed by atoms with Crippen LogP contribution in [0, 0.1) is 6.92 Å². The summed E-state index contributed by atoms with van der Waals surface area (Å²) in [5, 5.41) is 2.60. The van der Waals surface area contributed by atoms with Gasteiger partial charge in [0.1, 0.15) is 4.83 Å². The van der Waals surface area contributed by atoms with Crippen LogP contribution in [0.3, 0.4) is 0 Å². The van der Waals surface area contributed by atoms with Crippen LogP contribution in [0.5, 0.6) is 0 Å². The van der Waals surface area contributed by atoms with E-state index in [1.165, 1.54) is 0 Å². The van der Waals surface area contributed by atoms with Gasteiger partial charge in [-0.1, -0.05) is 0 Å². The number of carbonyl (C=O) groups excluding carboxylic acids is 1. The van der Waals surface area contributed by atoms with E-state index in [9.17, 15) is 23.2 Å². The van der Waals surface area contributed by atoms with Crippen LogP contribution in [0.4, 0.5) is 13.6 Å². The predicted molar refractivity (Wildman–Crippen MR) is 98.2 cm³/mol. The molecule has 2 unspecified atom stereocenters. The van der Waals surface area contributed by atoms with Crippen molar-refractivity contribution in [2.24, 2.45) is 0 Å². The lowest BCUT2D eigenvalue weighted by Gasteiger charge is -2.12. The molecule has 7 nitrogen and oxygen atoms in total. The number of rotatable bonds is 5. The summed E-state index contributed by atoms with van der Waals surface area (Å²) in [6.07, 6.45) is -2.28. The highest BCUT2D eigenvalue weighted by Crippen LogP contribution is 2.39.